The average molecular weight is 283 g/mol. The Morgan fingerprint density at radius 1 is 1.42 bits per heavy atom. The Balaban J connectivity index is 2.26. The summed E-state index contributed by atoms with van der Waals surface area (Å²) in [6, 6.07) is -0.719. The molecule has 1 unspecified atom stereocenters. The van der Waals surface area contributed by atoms with Crippen LogP contribution in [0.25, 0.3) is 0 Å². The molecule has 1 aromatic heterocycles. The standard InChI is InChI=1S/C12H17N3O3S/c1-7(2)9-10(19-14-13-9)11(16)15-6-4-3-5-8(15)12(17)18/h7-8H,3-6H2,1-2H3,(H,17,18). The molecule has 0 aromatic carbocycles. The summed E-state index contributed by atoms with van der Waals surface area (Å²) in [5, 5.41) is 13.2. The van der Waals surface area contributed by atoms with E-state index in [1.165, 1.54) is 4.90 Å². The predicted octanol–water partition coefficient (Wildman–Crippen LogP) is 1.74. The molecule has 1 saturated heterocycles. The van der Waals surface area contributed by atoms with Gasteiger partial charge in [0.15, 0.2) is 0 Å². The van der Waals surface area contributed by atoms with Gasteiger partial charge in [0.1, 0.15) is 10.9 Å². The van der Waals surface area contributed by atoms with Crippen molar-refractivity contribution >= 4 is 23.4 Å². The number of piperidine rings is 1. The van der Waals surface area contributed by atoms with Crippen LogP contribution in [0.2, 0.25) is 0 Å². The van der Waals surface area contributed by atoms with E-state index < -0.39 is 12.0 Å². The minimum Gasteiger partial charge on any atom is -0.480 e. The molecule has 1 amide bonds. The number of aromatic nitrogens is 2. The van der Waals surface area contributed by atoms with Crippen LogP contribution in [0.1, 0.15) is 54.4 Å². The number of nitrogens with zero attached hydrogens (tertiary/aromatic N) is 3. The van der Waals surface area contributed by atoms with E-state index >= 15 is 0 Å². The summed E-state index contributed by atoms with van der Waals surface area (Å²) >= 11 is 1.05. The smallest absolute Gasteiger partial charge is 0.326 e. The zero-order chi connectivity index (χ0) is 14.0. The third-order valence-electron chi connectivity index (χ3n) is 3.30. The Kier molecular flexibility index (Phi) is 4.14. The number of rotatable bonds is 3. The number of carboxylic acids is 1. The highest BCUT2D eigenvalue weighted by Gasteiger charge is 2.34. The zero-order valence-electron chi connectivity index (χ0n) is 11.0. The molecule has 1 atom stereocenters. The largest absolute Gasteiger partial charge is 0.480 e. The van der Waals surface area contributed by atoms with Crippen molar-refractivity contribution < 1.29 is 14.7 Å². The molecule has 2 rings (SSSR count). The van der Waals surface area contributed by atoms with E-state index in [2.05, 4.69) is 9.59 Å². The van der Waals surface area contributed by atoms with Gasteiger partial charge in [-0.3, -0.25) is 4.79 Å². The monoisotopic (exact) mass is 283 g/mol. The number of hydrogen-bond acceptors (Lipinski definition) is 5. The minimum absolute atomic E-state index is 0.103. The predicted molar refractivity (Wildman–Crippen MR) is 70.3 cm³/mol. The molecule has 1 aliphatic rings. The third-order valence-corrected chi connectivity index (χ3v) is 4.03. The summed E-state index contributed by atoms with van der Waals surface area (Å²) in [5.41, 5.74) is 0.657. The number of carbonyl (C=O) groups excluding carboxylic acids is 1. The first-order chi connectivity index (χ1) is 9.02. The van der Waals surface area contributed by atoms with Gasteiger partial charge in [-0.15, -0.1) is 5.10 Å². The molecular weight excluding hydrogens is 266 g/mol. The van der Waals surface area contributed by atoms with Gasteiger partial charge in [0.25, 0.3) is 5.91 Å². The van der Waals surface area contributed by atoms with Crippen LogP contribution in [0.3, 0.4) is 0 Å². The van der Waals surface area contributed by atoms with Crippen LogP contribution in [0.15, 0.2) is 0 Å². The molecule has 1 N–H and O–H groups in total. The fourth-order valence-corrected chi connectivity index (χ4v) is 3.06. The molecule has 19 heavy (non-hydrogen) atoms. The summed E-state index contributed by atoms with van der Waals surface area (Å²) in [6.45, 7) is 4.38. The molecule has 0 aliphatic carbocycles. The Hall–Kier alpha value is -1.50. The maximum atomic E-state index is 12.5. The second-order valence-electron chi connectivity index (χ2n) is 4.99. The van der Waals surface area contributed by atoms with Gasteiger partial charge in [-0.1, -0.05) is 18.3 Å². The van der Waals surface area contributed by atoms with Crippen molar-refractivity contribution in [1.82, 2.24) is 14.5 Å². The van der Waals surface area contributed by atoms with Crippen molar-refractivity contribution in [1.29, 1.82) is 0 Å². The van der Waals surface area contributed by atoms with E-state index in [0.717, 1.165) is 24.4 Å². The molecule has 0 bridgehead atoms. The quantitative estimate of drug-likeness (QED) is 0.913. The summed E-state index contributed by atoms with van der Waals surface area (Å²) in [4.78, 5) is 25.7. The maximum Gasteiger partial charge on any atom is 0.326 e. The van der Waals surface area contributed by atoms with Crippen LogP contribution in [-0.4, -0.2) is 44.1 Å². The summed E-state index contributed by atoms with van der Waals surface area (Å²) in [5.74, 6) is -1.08. The normalized spacial score (nSPS) is 19.7. The topological polar surface area (TPSA) is 83.4 Å². The van der Waals surface area contributed by atoms with Crippen LogP contribution >= 0.6 is 11.5 Å². The Labute approximate surface area is 115 Å². The molecule has 1 fully saturated rings. The molecule has 0 saturated carbocycles. The first-order valence-electron chi connectivity index (χ1n) is 6.38. The second kappa shape index (κ2) is 5.64. The number of amides is 1. The van der Waals surface area contributed by atoms with E-state index in [1.54, 1.807) is 0 Å². The fraction of sp³-hybridized carbons (Fsp3) is 0.667. The van der Waals surface area contributed by atoms with Gasteiger partial charge in [-0.2, -0.15) is 0 Å². The zero-order valence-corrected chi connectivity index (χ0v) is 11.8. The lowest BCUT2D eigenvalue weighted by Gasteiger charge is -2.32. The highest BCUT2D eigenvalue weighted by Crippen LogP contribution is 2.25. The van der Waals surface area contributed by atoms with E-state index in [-0.39, 0.29) is 11.8 Å². The highest BCUT2D eigenvalue weighted by atomic mass is 32.1. The van der Waals surface area contributed by atoms with Gasteiger partial charge in [0.05, 0.1) is 5.69 Å². The lowest BCUT2D eigenvalue weighted by atomic mass is 10.0. The van der Waals surface area contributed by atoms with E-state index in [1.807, 2.05) is 13.8 Å². The molecule has 1 aromatic rings. The summed E-state index contributed by atoms with van der Waals surface area (Å²) < 4.78 is 3.83. The second-order valence-corrected chi connectivity index (χ2v) is 5.74. The fourth-order valence-electron chi connectivity index (χ4n) is 2.29. The number of carboxylic acid groups (broad SMARTS) is 1. The summed E-state index contributed by atoms with van der Waals surface area (Å²) in [7, 11) is 0. The van der Waals surface area contributed by atoms with Crippen molar-refractivity contribution in [2.75, 3.05) is 6.54 Å². The van der Waals surface area contributed by atoms with Crippen LogP contribution in [0.5, 0.6) is 0 Å². The van der Waals surface area contributed by atoms with Crippen LogP contribution in [-0.2, 0) is 4.79 Å². The Morgan fingerprint density at radius 2 is 2.16 bits per heavy atom. The number of aliphatic carboxylic acids is 1. The lowest BCUT2D eigenvalue weighted by Crippen LogP contribution is -2.48. The van der Waals surface area contributed by atoms with Gasteiger partial charge in [-0.05, 0) is 36.7 Å². The Bertz CT molecular complexity index is 486. The highest BCUT2D eigenvalue weighted by molar-refractivity contribution is 7.08. The number of likely N-dealkylation sites (tertiary alicyclic amines) is 1. The molecule has 104 valence electrons. The molecule has 0 radical (unpaired) electrons. The number of carbonyl (C=O) groups is 2. The lowest BCUT2D eigenvalue weighted by molar-refractivity contribution is -0.143. The van der Waals surface area contributed by atoms with E-state index in [9.17, 15) is 14.7 Å². The average Bonchev–Trinajstić information content (AvgIpc) is 2.87. The van der Waals surface area contributed by atoms with Gasteiger partial charge in [0.2, 0.25) is 0 Å². The molecule has 7 heteroatoms. The van der Waals surface area contributed by atoms with Crippen molar-refractivity contribution in [3.8, 4) is 0 Å². The number of hydrogen-bond donors (Lipinski definition) is 1. The molecule has 0 spiro atoms. The van der Waals surface area contributed by atoms with Crippen molar-refractivity contribution in [3.63, 3.8) is 0 Å². The van der Waals surface area contributed by atoms with E-state index in [4.69, 9.17) is 0 Å². The summed E-state index contributed by atoms with van der Waals surface area (Å²) in [6.07, 6.45) is 2.21. The van der Waals surface area contributed by atoms with Crippen LogP contribution in [0.4, 0.5) is 0 Å². The first-order valence-corrected chi connectivity index (χ1v) is 7.15. The van der Waals surface area contributed by atoms with Crippen LogP contribution in [0, 0.1) is 0 Å². The SMILES string of the molecule is CC(C)c1nnsc1C(=O)N1CCCCC1C(=O)O. The van der Waals surface area contributed by atoms with Crippen LogP contribution < -0.4 is 0 Å². The van der Waals surface area contributed by atoms with Gasteiger partial charge in [0, 0.05) is 6.54 Å². The Morgan fingerprint density at radius 3 is 2.79 bits per heavy atom. The third kappa shape index (κ3) is 2.75. The van der Waals surface area contributed by atoms with Gasteiger partial charge >= 0.3 is 5.97 Å². The maximum absolute atomic E-state index is 12.5. The molecular formula is C12H17N3O3S. The van der Waals surface area contributed by atoms with Crippen molar-refractivity contribution in [2.24, 2.45) is 0 Å². The van der Waals surface area contributed by atoms with E-state index in [0.29, 0.717) is 23.5 Å². The van der Waals surface area contributed by atoms with Gasteiger partial charge < -0.3 is 10.0 Å². The minimum atomic E-state index is -0.934. The molecule has 1 aliphatic heterocycles. The van der Waals surface area contributed by atoms with Crippen molar-refractivity contribution in [3.05, 3.63) is 10.6 Å². The first kappa shape index (κ1) is 13.9. The van der Waals surface area contributed by atoms with Gasteiger partial charge in [-0.25, -0.2) is 4.79 Å². The molecule has 6 nitrogen and oxygen atoms in total. The molecule has 2 heterocycles. The van der Waals surface area contributed by atoms with Crippen molar-refractivity contribution in [2.45, 2.75) is 45.1 Å².